The summed E-state index contributed by atoms with van der Waals surface area (Å²) in [6.07, 6.45) is 6.48. The van der Waals surface area contributed by atoms with Crippen molar-refractivity contribution >= 4 is 24.0 Å². The first-order chi connectivity index (χ1) is 12.1. The van der Waals surface area contributed by atoms with Gasteiger partial charge in [-0.25, -0.2) is 0 Å². The van der Waals surface area contributed by atoms with Gasteiger partial charge in [0, 0.05) is 24.7 Å². The second kappa shape index (κ2) is 9.88. The second-order valence-electron chi connectivity index (χ2n) is 5.64. The fourth-order valence-electron chi connectivity index (χ4n) is 2.13. The van der Waals surface area contributed by atoms with Crippen LogP contribution in [-0.2, 0) is 9.59 Å². The zero-order valence-corrected chi connectivity index (χ0v) is 14.2. The Hall–Kier alpha value is -3.14. The van der Waals surface area contributed by atoms with Crippen LogP contribution in [0, 0.1) is 0 Å². The summed E-state index contributed by atoms with van der Waals surface area (Å²) >= 11 is 0. The molecule has 0 aliphatic heterocycles. The first-order valence-electron chi connectivity index (χ1n) is 8.18. The van der Waals surface area contributed by atoms with E-state index in [1.165, 1.54) is 12.2 Å². The standard InChI is InChI=1S/C21H22N2O2/c1-17(23-21(25)15-13-19-10-6-3-7-11-19)16-22-20(24)14-12-18-8-4-2-5-9-18/h2-15,17H,16H2,1H3,(H,22,24)(H,23,25). The fraction of sp³-hybridized carbons (Fsp3) is 0.143. The number of hydrogen-bond acceptors (Lipinski definition) is 2. The van der Waals surface area contributed by atoms with Crippen LogP contribution in [0.25, 0.3) is 12.2 Å². The van der Waals surface area contributed by atoms with Crippen molar-refractivity contribution < 1.29 is 9.59 Å². The van der Waals surface area contributed by atoms with Crippen LogP contribution in [0.4, 0.5) is 0 Å². The molecule has 0 saturated heterocycles. The Morgan fingerprint density at radius 3 is 1.84 bits per heavy atom. The van der Waals surface area contributed by atoms with Crippen molar-refractivity contribution in [2.75, 3.05) is 6.54 Å². The Morgan fingerprint density at radius 1 is 0.840 bits per heavy atom. The van der Waals surface area contributed by atoms with Crippen LogP contribution >= 0.6 is 0 Å². The molecule has 2 N–H and O–H groups in total. The molecule has 0 aliphatic rings. The summed E-state index contributed by atoms with van der Waals surface area (Å²) in [6, 6.07) is 19.0. The van der Waals surface area contributed by atoms with Crippen LogP contribution in [0.1, 0.15) is 18.1 Å². The van der Waals surface area contributed by atoms with Gasteiger partial charge < -0.3 is 10.6 Å². The van der Waals surface area contributed by atoms with Gasteiger partial charge in [-0.1, -0.05) is 60.7 Å². The van der Waals surface area contributed by atoms with E-state index in [4.69, 9.17) is 0 Å². The van der Waals surface area contributed by atoms with E-state index in [1.54, 1.807) is 12.2 Å². The molecule has 2 rings (SSSR count). The van der Waals surface area contributed by atoms with Gasteiger partial charge in [0.05, 0.1) is 0 Å². The summed E-state index contributed by atoms with van der Waals surface area (Å²) in [5.41, 5.74) is 1.93. The minimum atomic E-state index is -0.190. The summed E-state index contributed by atoms with van der Waals surface area (Å²) < 4.78 is 0. The van der Waals surface area contributed by atoms with Crippen molar-refractivity contribution in [3.63, 3.8) is 0 Å². The highest BCUT2D eigenvalue weighted by molar-refractivity contribution is 5.92. The van der Waals surface area contributed by atoms with E-state index in [1.807, 2.05) is 67.6 Å². The maximum atomic E-state index is 11.9. The Balaban J connectivity index is 1.71. The van der Waals surface area contributed by atoms with E-state index >= 15 is 0 Å². The summed E-state index contributed by atoms with van der Waals surface area (Å²) in [4.78, 5) is 23.7. The quantitative estimate of drug-likeness (QED) is 0.765. The molecule has 2 amide bonds. The average Bonchev–Trinajstić information content (AvgIpc) is 2.65. The number of amides is 2. The summed E-state index contributed by atoms with van der Waals surface area (Å²) in [7, 11) is 0. The molecule has 1 atom stereocenters. The van der Waals surface area contributed by atoms with Gasteiger partial charge in [0.2, 0.25) is 11.8 Å². The third-order valence-electron chi connectivity index (χ3n) is 3.42. The second-order valence-corrected chi connectivity index (χ2v) is 5.64. The molecule has 0 spiro atoms. The molecule has 4 heteroatoms. The SMILES string of the molecule is CC(CNC(=O)C=Cc1ccccc1)NC(=O)C=Cc1ccccc1. The highest BCUT2D eigenvalue weighted by Crippen LogP contribution is 2.01. The maximum Gasteiger partial charge on any atom is 0.244 e. The summed E-state index contributed by atoms with van der Waals surface area (Å²) in [6.45, 7) is 2.21. The van der Waals surface area contributed by atoms with Gasteiger partial charge in [-0.15, -0.1) is 0 Å². The minimum Gasteiger partial charge on any atom is -0.351 e. The van der Waals surface area contributed by atoms with Crippen molar-refractivity contribution in [3.05, 3.63) is 83.9 Å². The van der Waals surface area contributed by atoms with Gasteiger partial charge >= 0.3 is 0 Å². The van der Waals surface area contributed by atoms with Crippen LogP contribution in [-0.4, -0.2) is 24.4 Å². The summed E-state index contributed by atoms with van der Waals surface area (Å²) in [5, 5.41) is 5.58. The molecule has 0 bridgehead atoms. The zero-order chi connectivity index (χ0) is 17.9. The third-order valence-corrected chi connectivity index (χ3v) is 3.42. The number of hydrogen-bond donors (Lipinski definition) is 2. The van der Waals surface area contributed by atoms with Crippen LogP contribution in [0.2, 0.25) is 0 Å². The lowest BCUT2D eigenvalue weighted by Gasteiger charge is -2.12. The predicted molar refractivity (Wildman–Crippen MR) is 102 cm³/mol. The number of rotatable bonds is 7. The molecule has 0 radical (unpaired) electrons. The molecular formula is C21H22N2O2. The normalized spacial score (nSPS) is 12.2. The molecule has 1 unspecified atom stereocenters. The first-order valence-corrected chi connectivity index (χ1v) is 8.18. The van der Waals surface area contributed by atoms with Gasteiger partial charge in [0.25, 0.3) is 0 Å². The van der Waals surface area contributed by atoms with Crippen molar-refractivity contribution in [2.45, 2.75) is 13.0 Å². The van der Waals surface area contributed by atoms with E-state index < -0.39 is 0 Å². The topological polar surface area (TPSA) is 58.2 Å². The number of benzene rings is 2. The van der Waals surface area contributed by atoms with Crippen LogP contribution < -0.4 is 10.6 Å². The average molecular weight is 334 g/mol. The number of nitrogens with one attached hydrogen (secondary N) is 2. The summed E-state index contributed by atoms with van der Waals surface area (Å²) in [5.74, 6) is -0.379. The zero-order valence-electron chi connectivity index (χ0n) is 14.2. The van der Waals surface area contributed by atoms with E-state index in [0.717, 1.165) is 11.1 Å². The number of carbonyl (C=O) groups is 2. The van der Waals surface area contributed by atoms with Gasteiger partial charge in [-0.05, 0) is 30.2 Å². The third kappa shape index (κ3) is 7.31. The molecule has 2 aromatic rings. The lowest BCUT2D eigenvalue weighted by atomic mass is 10.2. The van der Waals surface area contributed by atoms with E-state index in [-0.39, 0.29) is 17.9 Å². The Morgan fingerprint density at radius 2 is 1.32 bits per heavy atom. The Kier molecular flexibility index (Phi) is 7.19. The first kappa shape index (κ1) is 18.2. The smallest absolute Gasteiger partial charge is 0.244 e. The van der Waals surface area contributed by atoms with Gasteiger partial charge in [0.1, 0.15) is 0 Å². The van der Waals surface area contributed by atoms with E-state index in [9.17, 15) is 9.59 Å². The molecule has 2 aromatic carbocycles. The molecule has 0 aliphatic carbocycles. The monoisotopic (exact) mass is 334 g/mol. The Labute approximate surface area is 148 Å². The lowest BCUT2D eigenvalue weighted by Crippen LogP contribution is -2.40. The highest BCUT2D eigenvalue weighted by atomic mass is 16.2. The lowest BCUT2D eigenvalue weighted by molar-refractivity contribution is -0.118. The Bertz CT molecular complexity index is 737. The van der Waals surface area contributed by atoms with Gasteiger partial charge in [0.15, 0.2) is 0 Å². The molecule has 0 fully saturated rings. The molecule has 25 heavy (non-hydrogen) atoms. The van der Waals surface area contributed by atoms with E-state index in [0.29, 0.717) is 6.54 Å². The van der Waals surface area contributed by atoms with Crippen molar-refractivity contribution in [3.8, 4) is 0 Å². The molecule has 0 aromatic heterocycles. The largest absolute Gasteiger partial charge is 0.351 e. The highest BCUT2D eigenvalue weighted by Gasteiger charge is 2.05. The fourth-order valence-corrected chi connectivity index (χ4v) is 2.13. The van der Waals surface area contributed by atoms with Crippen LogP contribution in [0.15, 0.2) is 72.8 Å². The number of carbonyl (C=O) groups excluding carboxylic acids is 2. The molecule has 0 saturated carbocycles. The van der Waals surface area contributed by atoms with Crippen molar-refractivity contribution in [1.29, 1.82) is 0 Å². The molecular weight excluding hydrogens is 312 g/mol. The maximum absolute atomic E-state index is 11.9. The van der Waals surface area contributed by atoms with Crippen molar-refractivity contribution in [1.82, 2.24) is 10.6 Å². The molecule has 128 valence electrons. The van der Waals surface area contributed by atoms with Gasteiger partial charge in [-0.3, -0.25) is 9.59 Å². The van der Waals surface area contributed by atoms with Crippen molar-refractivity contribution in [2.24, 2.45) is 0 Å². The molecule has 4 nitrogen and oxygen atoms in total. The minimum absolute atomic E-state index is 0.165. The van der Waals surface area contributed by atoms with Crippen LogP contribution in [0.5, 0.6) is 0 Å². The van der Waals surface area contributed by atoms with Gasteiger partial charge in [-0.2, -0.15) is 0 Å². The predicted octanol–water partition coefficient (Wildman–Crippen LogP) is 3.03. The van der Waals surface area contributed by atoms with Crippen LogP contribution in [0.3, 0.4) is 0 Å². The van der Waals surface area contributed by atoms with E-state index in [2.05, 4.69) is 10.6 Å². The molecule has 0 heterocycles.